The minimum Gasteiger partial charge on any atom is -0.380 e. The van der Waals surface area contributed by atoms with Crippen LogP contribution in [0.2, 0.25) is 0 Å². The fourth-order valence-corrected chi connectivity index (χ4v) is 8.06. The lowest BCUT2D eigenvalue weighted by Gasteiger charge is -2.54. The van der Waals surface area contributed by atoms with Crippen LogP contribution in [0.1, 0.15) is 83.1 Å². The van der Waals surface area contributed by atoms with Gasteiger partial charge in [-0.1, -0.05) is 43.2 Å². The van der Waals surface area contributed by atoms with E-state index in [1.807, 2.05) is 13.0 Å². The van der Waals surface area contributed by atoms with Gasteiger partial charge in [0.05, 0.1) is 12.6 Å². The molecule has 5 nitrogen and oxygen atoms in total. The molecule has 5 saturated carbocycles. The summed E-state index contributed by atoms with van der Waals surface area (Å²) in [6.45, 7) is 3.12. The molecule has 4 bridgehead atoms. The van der Waals surface area contributed by atoms with Gasteiger partial charge in [-0.25, -0.2) is 0 Å². The quantitative estimate of drug-likeness (QED) is 0.467. The smallest absolute Gasteiger partial charge is 0.246 e. The number of rotatable bonds is 11. The zero-order valence-electron chi connectivity index (χ0n) is 21.5. The van der Waals surface area contributed by atoms with E-state index in [1.165, 1.54) is 37.7 Å². The number of aryl methyl sites for hydroxylation is 1. The van der Waals surface area contributed by atoms with Crippen LogP contribution in [-0.4, -0.2) is 36.6 Å². The Morgan fingerprint density at radius 3 is 2.29 bits per heavy atom. The lowest BCUT2D eigenvalue weighted by molar-refractivity contribution is -0.136. The Bertz CT molecular complexity index is 836. The third kappa shape index (κ3) is 5.76. The normalized spacial score (nSPS) is 31.3. The SMILES string of the molecule is CCOC[C@H](CCc1ccccc1)NC(=O)C1(NC(=O)CC2C3CC4CC(C3)CC2C4)CCCC1. The molecule has 5 fully saturated rings. The Labute approximate surface area is 211 Å². The highest BCUT2D eigenvalue weighted by Crippen LogP contribution is 2.57. The van der Waals surface area contributed by atoms with E-state index in [0.717, 1.165) is 62.2 Å². The van der Waals surface area contributed by atoms with Gasteiger partial charge in [-0.2, -0.15) is 0 Å². The molecule has 0 saturated heterocycles. The first-order chi connectivity index (χ1) is 17.0. The fraction of sp³-hybridized carbons (Fsp3) is 0.733. The van der Waals surface area contributed by atoms with Crippen molar-refractivity contribution in [3.05, 3.63) is 35.9 Å². The van der Waals surface area contributed by atoms with Crippen molar-refractivity contribution >= 4 is 11.8 Å². The van der Waals surface area contributed by atoms with Crippen molar-refractivity contribution in [2.75, 3.05) is 13.2 Å². The standard InChI is InChI=1S/C30H44N2O3/c1-2-35-20-26(11-10-21-8-4-3-5-9-21)31-29(34)30(12-6-7-13-30)32-28(33)19-27-24-15-22-14-23(17-24)18-25(27)16-22/h3-5,8-9,22-27H,2,6-7,10-20H2,1H3,(H,31,34)(H,32,33)/t22?,23?,24?,25?,26-,27?/m0/s1. The molecule has 1 atom stereocenters. The zero-order chi connectivity index (χ0) is 24.3. The van der Waals surface area contributed by atoms with Crippen molar-refractivity contribution in [3.8, 4) is 0 Å². The van der Waals surface area contributed by atoms with Crippen LogP contribution in [-0.2, 0) is 20.7 Å². The Morgan fingerprint density at radius 2 is 1.66 bits per heavy atom. The van der Waals surface area contributed by atoms with Gasteiger partial charge in [-0.15, -0.1) is 0 Å². The molecule has 5 heteroatoms. The molecule has 6 rings (SSSR count). The molecule has 1 aromatic rings. The van der Waals surface area contributed by atoms with E-state index in [4.69, 9.17) is 4.74 Å². The summed E-state index contributed by atoms with van der Waals surface area (Å²) in [6.07, 6.45) is 12.6. The van der Waals surface area contributed by atoms with Gasteiger partial charge < -0.3 is 15.4 Å². The molecule has 5 aliphatic carbocycles. The van der Waals surface area contributed by atoms with Gasteiger partial charge in [0.2, 0.25) is 11.8 Å². The molecule has 0 unspecified atom stereocenters. The number of amides is 2. The van der Waals surface area contributed by atoms with Gasteiger partial charge in [0.1, 0.15) is 5.54 Å². The second-order valence-electron chi connectivity index (χ2n) is 12.0. The molecule has 1 aromatic carbocycles. The number of carbonyl (C=O) groups excluding carboxylic acids is 2. The molecule has 192 valence electrons. The molecule has 0 aromatic heterocycles. The van der Waals surface area contributed by atoms with Gasteiger partial charge in [-0.3, -0.25) is 9.59 Å². The van der Waals surface area contributed by atoms with Crippen LogP contribution in [0, 0.1) is 29.6 Å². The summed E-state index contributed by atoms with van der Waals surface area (Å²) in [5.41, 5.74) is 0.517. The molecular formula is C30H44N2O3. The fourth-order valence-electron chi connectivity index (χ4n) is 8.06. The van der Waals surface area contributed by atoms with Gasteiger partial charge in [0.25, 0.3) is 0 Å². The van der Waals surface area contributed by atoms with E-state index in [0.29, 0.717) is 25.6 Å². The first kappa shape index (κ1) is 24.8. The van der Waals surface area contributed by atoms with Gasteiger partial charge >= 0.3 is 0 Å². The molecular weight excluding hydrogens is 436 g/mol. The van der Waals surface area contributed by atoms with Crippen LogP contribution in [0.4, 0.5) is 0 Å². The predicted octanol–water partition coefficient (Wildman–Crippen LogP) is 5.03. The number of nitrogens with one attached hydrogen (secondary N) is 2. The van der Waals surface area contributed by atoms with Crippen molar-refractivity contribution in [3.63, 3.8) is 0 Å². The second kappa shape index (κ2) is 11.0. The number of hydrogen-bond acceptors (Lipinski definition) is 3. The summed E-state index contributed by atoms with van der Waals surface area (Å²) in [6, 6.07) is 10.3. The van der Waals surface area contributed by atoms with Crippen LogP contribution in [0.3, 0.4) is 0 Å². The third-order valence-electron chi connectivity index (χ3n) is 9.60. The highest BCUT2D eigenvalue weighted by Gasteiger charge is 2.49. The molecule has 0 heterocycles. The third-order valence-corrected chi connectivity index (χ3v) is 9.60. The minimum absolute atomic E-state index is 0.00815. The Kier molecular flexibility index (Phi) is 7.81. The van der Waals surface area contributed by atoms with Crippen LogP contribution in [0.15, 0.2) is 30.3 Å². The monoisotopic (exact) mass is 480 g/mol. The van der Waals surface area contributed by atoms with Crippen molar-refractivity contribution in [1.82, 2.24) is 10.6 Å². The van der Waals surface area contributed by atoms with E-state index < -0.39 is 5.54 Å². The molecule has 2 N–H and O–H groups in total. The molecule has 0 spiro atoms. The van der Waals surface area contributed by atoms with Crippen molar-refractivity contribution in [2.45, 2.75) is 95.6 Å². The van der Waals surface area contributed by atoms with Crippen molar-refractivity contribution in [2.24, 2.45) is 29.6 Å². The summed E-state index contributed by atoms with van der Waals surface area (Å²) in [7, 11) is 0. The van der Waals surface area contributed by atoms with Gasteiger partial charge in [0, 0.05) is 13.0 Å². The van der Waals surface area contributed by atoms with E-state index in [9.17, 15) is 9.59 Å². The van der Waals surface area contributed by atoms with E-state index in [2.05, 4.69) is 34.9 Å². The Morgan fingerprint density at radius 1 is 1.00 bits per heavy atom. The molecule has 35 heavy (non-hydrogen) atoms. The first-order valence-corrected chi connectivity index (χ1v) is 14.3. The molecule has 5 aliphatic rings. The summed E-state index contributed by atoms with van der Waals surface area (Å²) in [5.74, 6) is 3.93. The summed E-state index contributed by atoms with van der Waals surface area (Å²) < 4.78 is 5.71. The zero-order valence-corrected chi connectivity index (χ0v) is 21.5. The second-order valence-corrected chi connectivity index (χ2v) is 12.0. The highest BCUT2D eigenvalue weighted by atomic mass is 16.5. The molecule has 0 aliphatic heterocycles. The van der Waals surface area contributed by atoms with Crippen LogP contribution >= 0.6 is 0 Å². The number of benzene rings is 1. The minimum atomic E-state index is -0.750. The average molecular weight is 481 g/mol. The summed E-state index contributed by atoms with van der Waals surface area (Å²) in [4.78, 5) is 27.0. The maximum atomic E-state index is 13.6. The van der Waals surface area contributed by atoms with Crippen LogP contribution in [0.25, 0.3) is 0 Å². The lowest BCUT2D eigenvalue weighted by atomic mass is 9.51. The van der Waals surface area contributed by atoms with E-state index >= 15 is 0 Å². The Hall–Kier alpha value is -1.88. The van der Waals surface area contributed by atoms with Crippen molar-refractivity contribution in [1.29, 1.82) is 0 Å². The summed E-state index contributed by atoms with van der Waals surface area (Å²) in [5, 5.41) is 6.58. The maximum Gasteiger partial charge on any atom is 0.246 e. The number of hydrogen-bond donors (Lipinski definition) is 2. The topological polar surface area (TPSA) is 67.4 Å². The molecule has 2 amide bonds. The highest BCUT2D eigenvalue weighted by molar-refractivity contribution is 5.92. The van der Waals surface area contributed by atoms with Crippen LogP contribution < -0.4 is 10.6 Å². The Balaban J connectivity index is 1.19. The molecule has 0 radical (unpaired) electrons. The van der Waals surface area contributed by atoms with Crippen molar-refractivity contribution < 1.29 is 14.3 Å². The number of ether oxygens (including phenoxy) is 1. The first-order valence-electron chi connectivity index (χ1n) is 14.3. The lowest BCUT2D eigenvalue weighted by Crippen LogP contribution is -2.60. The maximum absolute atomic E-state index is 13.6. The van der Waals surface area contributed by atoms with Gasteiger partial charge in [-0.05, 0) is 99.9 Å². The largest absolute Gasteiger partial charge is 0.380 e. The number of carbonyl (C=O) groups is 2. The predicted molar refractivity (Wildman–Crippen MR) is 138 cm³/mol. The average Bonchev–Trinajstić information content (AvgIpc) is 3.33. The summed E-state index contributed by atoms with van der Waals surface area (Å²) >= 11 is 0. The van der Waals surface area contributed by atoms with E-state index in [-0.39, 0.29) is 17.9 Å². The van der Waals surface area contributed by atoms with Crippen LogP contribution in [0.5, 0.6) is 0 Å². The van der Waals surface area contributed by atoms with Gasteiger partial charge in [0.15, 0.2) is 0 Å². The van der Waals surface area contributed by atoms with E-state index in [1.54, 1.807) is 0 Å².